The van der Waals surface area contributed by atoms with E-state index in [0.29, 0.717) is 0 Å². The molecular formula is C11H8Cl3N3O3. The molecule has 20 heavy (non-hydrogen) atoms. The lowest BCUT2D eigenvalue weighted by atomic mass is 10.3. The van der Waals surface area contributed by atoms with E-state index >= 15 is 0 Å². The Labute approximate surface area is 129 Å². The maximum absolute atomic E-state index is 11.7. The summed E-state index contributed by atoms with van der Waals surface area (Å²) in [5.74, 6) is -1.44. The Hall–Kier alpha value is -1.55. The van der Waals surface area contributed by atoms with E-state index in [1.807, 2.05) is 6.07 Å². The van der Waals surface area contributed by atoms with Gasteiger partial charge in [0.15, 0.2) is 12.3 Å². The van der Waals surface area contributed by atoms with Gasteiger partial charge in [0.25, 0.3) is 5.91 Å². The third-order valence-electron chi connectivity index (χ3n) is 2.00. The number of aromatic nitrogens is 1. The van der Waals surface area contributed by atoms with Crippen LogP contribution in [0.1, 0.15) is 16.9 Å². The highest BCUT2D eigenvalue weighted by atomic mass is 35.5. The Kier molecular flexibility index (Phi) is 6.52. The van der Waals surface area contributed by atoms with Gasteiger partial charge in [0.1, 0.15) is 0 Å². The van der Waals surface area contributed by atoms with Crippen LogP contribution < -0.4 is 5.32 Å². The normalized spacial score (nSPS) is 9.70. The quantitative estimate of drug-likeness (QED) is 0.657. The minimum atomic E-state index is -0.899. The van der Waals surface area contributed by atoms with Gasteiger partial charge in [-0.15, -0.1) is 0 Å². The molecule has 0 aliphatic heterocycles. The van der Waals surface area contributed by atoms with Crippen molar-refractivity contribution in [3.63, 3.8) is 0 Å². The maximum Gasteiger partial charge on any atom is 0.359 e. The molecule has 0 fully saturated rings. The highest BCUT2D eigenvalue weighted by Crippen LogP contribution is 2.31. The van der Waals surface area contributed by atoms with Crippen molar-refractivity contribution >= 4 is 46.7 Å². The van der Waals surface area contributed by atoms with E-state index in [1.54, 1.807) is 0 Å². The summed E-state index contributed by atoms with van der Waals surface area (Å²) in [4.78, 5) is 26.6. The first-order valence-corrected chi connectivity index (χ1v) is 6.41. The van der Waals surface area contributed by atoms with Crippen LogP contribution in [0, 0.1) is 11.3 Å². The molecule has 1 heterocycles. The van der Waals surface area contributed by atoms with Gasteiger partial charge >= 0.3 is 5.97 Å². The predicted octanol–water partition coefficient (Wildman–Crippen LogP) is 2.23. The summed E-state index contributed by atoms with van der Waals surface area (Å²) in [6, 6.07) is 1.86. The van der Waals surface area contributed by atoms with Gasteiger partial charge in [-0.3, -0.25) is 4.79 Å². The molecule has 0 spiro atoms. The summed E-state index contributed by atoms with van der Waals surface area (Å²) in [5, 5.41) is 10.6. The van der Waals surface area contributed by atoms with E-state index in [9.17, 15) is 9.59 Å². The molecule has 0 atom stereocenters. The number of hydrogen-bond acceptors (Lipinski definition) is 5. The molecule has 0 unspecified atom stereocenters. The summed E-state index contributed by atoms with van der Waals surface area (Å²) in [6.45, 7) is -0.332. The van der Waals surface area contributed by atoms with Crippen LogP contribution in [0.25, 0.3) is 0 Å². The lowest BCUT2D eigenvalue weighted by Gasteiger charge is -2.07. The van der Waals surface area contributed by atoms with Gasteiger partial charge in [0.2, 0.25) is 0 Å². The number of nitrogens with one attached hydrogen (secondary N) is 1. The van der Waals surface area contributed by atoms with Crippen LogP contribution in [0.15, 0.2) is 6.20 Å². The Morgan fingerprint density at radius 2 is 2.05 bits per heavy atom. The Balaban J connectivity index is 2.58. The zero-order valence-electron chi connectivity index (χ0n) is 9.95. The number of halogens is 3. The van der Waals surface area contributed by atoms with Crippen molar-refractivity contribution < 1.29 is 14.3 Å². The minimum Gasteiger partial charge on any atom is -0.451 e. The number of pyridine rings is 1. The molecule has 1 amide bonds. The van der Waals surface area contributed by atoms with E-state index < -0.39 is 18.5 Å². The third kappa shape index (κ3) is 4.53. The van der Waals surface area contributed by atoms with Crippen LogP contribution in [0.5, 0.6) is 0 Å². The van der Waals surface area contributed by atoms with Crippen LogP contribution in [0.2, 0.25) is 15.1 Å². The molecule has 0 aliphatic carbocycles. The minimum absolute atomic E-state index is 0.0197. The van der Waals surface area contributed by atoms with Crippen molar-refractivity contribution in [2.24, 2.45) is 0 Å². The monoisotopic (exact) mass is 335 g/mol. The van der Waals surface area contributed by atoms with Crippen LogP contribution >= 0.6 is 34.8 Å². The fourth-order valence-electron chi connectivity index (χ4n) is 1.09. The lowest BCUT2D eigenvalue weighted by Crippen LogP contribution is -2.29. The summed E-state index contributed by atoms with van der Waals surface area (Å²) < 4.78 is 4.71. The smallest absolute Gasteiger partial charge is 0.359 e. The second-order valence-electron chi connectivity index (χ2n) is 3.42. The molecule has 1 aromatic rings. The summed E-state index contributed by atoms with van der Waals surface area (Å²) in [5.41, 5.74) is -0.231. The molecule has 9 heteroatoms. The standard InChI is InChI=1S/C11H8Cl3N3O3/c12-6-4-17-10(9(14)8(6)13)11(19)20-5-7(18)16-3-1-2-15/h4H,1,3,5H2,(H,16,18). The summed E-state index contributed by atoms with van der Waals surface area (Å²) in [6.07, 6.45) is 1.32. The number of hydrogen-bond donors (Lipinski definition) is 1. The summed E-state index contributed by atoms with van der Waals surface area (Å²) in [7, 11) is 0. The van der Waals surface area contributed by atoms with Gasteiger partial charge < -0.3 is 10.1 Å². The number of ether oxygens (including phenoxy) is 1. The molecule has 6 nitrogen and oxygen atoms in total. The number of nitrogens with zero attached hydrogens (tertiary/aromatic N) is 2. The van der Waals surface area contributed by atoms with Crippen molar-refractivity contribution in [1.82, 2.24) is 10.3 Å². The Morgan fingerprint density at radius 3 is 2.70 bits per heavy atom. The van der Waals surface area contributed by atoms with E-state index in [2.05, 4.69) is 10.3 Å². The van der Waals surface area contributed by atoms with Crippen molar-refractivity contribution in [2.75, 3.05) is 13.2 Å². The van der Waals surface area contributed by atoms with Crippen LogP contribution in [0.4, 0.5) is 0 Å². The lowest BCUT2D eigenvalue weighted by molar-refractivity contribution is -0.124. The molecule has 0 aromatic carbocycles. The molecule has 1 aromatic heterocycles. The molecule has 1 rings (SSSR count). The zero-order chi connectivity index (χ0) is 15.1. The van der Waals surface area contributed by atoms with Crippen molar-refractivity contribution in [1.29, 1.82) is 5.26 Å². The van der Waals surface area contributed by atoms with E-state index in [4.69, 9.17) is 44.8 Å². The fourth-order valence-corrected chi connectivity index (χ4v) is 1.65. The maximum atomic E-state index is 11.7. The number of rotatable bonds is 5. The number of carbonyl (C=O) groups excluding carboxylic acids is 2. The number of amides is 1. The molecule has 1 N–H and O–H groups in total. The van der Waals surface area contributed by atoms with Crippen molar-refractivity contribution in [2.45, 2.75) is 6.42 Å². The average Bonchev–Trinajstić information content (AvgIpc) is 2.42. The summed E-state index contributed by atoms with van der Waals surface area (Å²) >= 11 is 17.2. The first-order chi connectivity index (χ1) is 9.47. The second kappa shape index (κ2) is 7.90. The molecule has 0 radical (unpaired) electrons. The third-order valence-corrected chi connectivity index (χ3v) is 3.24. The highest BCUT2D eigenvalue weighted by molar-refractivity contribution is 6.48. The number of carbonyl (C=O) groups is 2. The first-order valence-electron chi connectivity index (χ1n) is 5.27. The molecule has 0 saturated heterocycles. The first kappa shape index (κ1) is 16.5. The molecular weight excluding hydrogens is 328 g/mol. The highest BCUT2D eigenvalue weighted by Gasteiger charge is 2.19. The van der Waals surface area contributed by atoms with E-state index in [1.165, 1.54) is 0 Å². The second-order valence-corrected chi connectivity index (χ2v) is 4.58. The number of esters is 1. The van der Waals surface area contributed by atoms with Gasteiger partial charge in [-0.25, -0.2) is 9.78 Å². The molecule has 0 aliphatic rings. The van der Waals surface area contributed by atoms with Gasteiger partial charge in [-0.1, -0.05) is 34.8 Å². The SMILES string of the molecule is N#CCCNC(=O)COC(=O)c1ncc(Cl)c(Cl)c1Cl. The zero-order valence-corrected chi connectivity index (χ0v) is 12.2. The van der Waals surface area contributed by atoms with Gasteiger partial charge in [0, 0.05) is 12.7 Å². The fraction of sp³-hybridized carbons (Fsp3) is 0.273. The van der Waals surface area contributed by atoms with Crippen LogP contribution in [-0.4, -0.2) is 30.0 Å². The topological polar surface area (TPSA) is 92.1 Å². The molecule has 0 bridgehead atoms. The van der Waals surface area contributed by atoms with Gasteiger partial charge in [0.05, 0.1) is 27.6 Å². The van der Waals surface area contributed by atoms with Gasteiger partial charge in [-0.05, 0) is 0 Å². The number of nitriles is 1. The molecule has 0 saturated carbocycles. The largest absolute Gasteiger partial charge is 0.451 e. The average molecular weight is 337 g/mol. The molecule has 106 valence electrons. The van der Waals surface area contributed by atoms with E-state index in [0.717, 1.165) is 6.20 Å². The Morgan fingerprint density at radius 1 is 1.35 bits per heavy atom. The van der Waals surface area contributed by atoms with E-state index in [-0.39, 0.29) is 33.7 Å². The van der Waals surface area contributed by atoms with Crippen LogP contribution in [0.3, 0.4) is 0 Å². The van der Waals surface area contributed by atoms with Gasteiger partial charge in [-0.2, -0.15) is 5.26 Å². The Bertz CT molecular complexity index is 572. The predicted molar refractivity (Wildman–Crippen MR) is 72.8 cm³/mol. The van der Waals surface area contributed by atoms with Crippen molar-refractivity contribution in [3.8, 4) is 6.07 Å². The van der Waals surface area contributed by atoms with Crippen molar-refractivity contribution in [3.05, 3.63) is 27.0 Å². The van der Waals surface area contributed by atoms with Crippen LogP contribution in [-0.2, 0) is 9.53 Å².